The number of likely N-dealkylation sites (tertiary alicyclic amines) is 1. The average Bonchev–Trinajstić information content (AvgIpc) is 3.77. The molecule has 9 N–H and O–H groups in total. The Morgan fingerprint density at radius 2 is 1.15 bits per heavy atom. The van der Waals surface area contributed by atoms with E-state index in [2.05, 4.69) is 26.6 Å². The Morgan fingerprint density at radius 3 is 1.64 bits per heavy atom. The third-order valence-corrected chi connectivity index (χ3v) is 10.8. The third kappa shape index (κ3) is 16.1. The highest BCUT2D eigenvalue weighted by Gasteiger charge is 2.42. The van der Waals surface area contributed by atoms with Crippen molar-refractivity contribution in [3.8, 4) is 0 Å². The largest absolute Gasteiger partial charge is 0.481 e. The molecule has 21 nitrogen and oxygen atoms in total. The first kappa shape index (κ1) is 53.2. The van der Waals surface area contributed by atoms with E-state index in [9.17, 15) is 63.0 Å². The molecule has 66 heavy (non-hydrogen) atoms. The van der Waals surface area contributed by atoms with E-state index in [1.807, 2.05) is 5.32 Å². The minimum Gasteiger partial charge on any atom is -0.481 e. The van der Waals surface area contributed by atoms with Gasteiger partial charge in [0.15, 0.2) is 0 Å². The molecule has 1 aliphatic rings. The number of benzene rings is 2. The van der Waals surface area contributed by atoms with Crippen molar-refractivity contribution in [2.45, 2.75) is 121 Å². The molecular formula is C45H59N7O14. The molecule has 7 amide bonds. The first-order valence-corrected chi connectivity index (χ1v) is 21.6. The summed E-state index contributed by atoms with van der Waals surface area (Å²) in [7, 11) is 0. The lowest BCUT2D eigenvalue weighted by Crippen LogP contribution is -2.61. The molecule has 0 aliphatic carbocycles. The number of hydrogen-bond acceptors (Lipinski definition) is 11. The van der Waals surface area contributed by atoms with Crippen molar-refractivity contribution in [1.29, 1.82) is 0 Å². The lowest BCUT2D eigenvalue weighted by molar-refractivity contribution is -0.145. The molecule has 2 aromatic rings. The van der Waals surface area contributed by atoms with Gasteiger partial charge >= 0.3 is 17.9 Å². The lowest BCUT2D eigenvalue weighted by atomic mass is 9.84. The number of nitrogens with one attached hydrogen (secondary N) is 6. The molecule has 358 valence electrons. The maximum Gasteiger partial charge on any atom is 0.322 e. The molecule has 0 spiro atoms. The van der Waals surface area contributed by atoms with E-state index < -0.39 is 139 Å². The highest BCUT2D eigenvalue weighted by molar-refractivity contribution is 6.38. The van der Waals surface area contributed by atoms with Gasteiger partial charge in [0.25, 0.3) is 5.91 Å². The van der Waals surface area contributed by atoms with E-state index >= 15 is 0 Å². The van der Waals surface area contributed by atoms with Crippen molar-refractivity contribution < 1.29 is 68.1 Å². The van der Waals surface area contributed by atoms with Gasteiger partial charge in [-0.15, -0.1) is 0 Å². The molecule has 0 saturated carbocycles. The van der Waals surface area contributed by atoms with Crippen LogP contribution < -0.4 is 31.9 Å². The molecule has 21 heteroatoms. The van der Waals surface area contributed by atoms with Crippen LogP contribution in [0.15, 0.2) is 60.7 Å². The van der Waals surface area contributed by atoms with Gasteiger partial charge in [0.05, 0.1) is 6.04 Å². The van der Waals surface area contributed by atoms with Crippen LogP contribution in [-0.4, -0.2) is 135 Å². The van der Waals surface area contributed by atoms with Gasteiger partial charge in [0.1, 0.15) is 36.8 Å². The number of rotatable bonds is 26. The van der Waals surface area contributed by atoms with Crippen LogP contribution in [0.4, 0.5) is 0 Å². The Hall–Kier alpha value is -7.19. The minimum absolute atomic E-state index is 0.0367. The van der Waals surface area contributed by atoms with Gasteiger partial charge in [-0.25, -0.2) is 0 Å². The van der Waals surface area contributed by atoms with Gasteiger partial charge in [-0.3, -0.25) is 52.7 Å². The zero-order valence-electron chi connectivity index (χ0n) is 37.2. The molecule has 1 fully saturated rings. The molecule has 0 aromatic heterocycles. The fourth-order valence-electron chi connectivity index (χ4n) is 7.51. The predicted molar refractivity (Wildman–Crippen MR) is 234 cm³/mol. The van der Waals surface area contributed by atoms with Gasteiger partial charge in [0.2, 0.25) is 41.2 Å². The molecule has 0 radical (unpaired) electrons. The number of ketones is 1. The number of carboxylic acids is 3. The van der Waals surface area contributed by atoms with Crippen molar-refractivity contribution in [2.24, 2.45) is 5.92 Å². The summed E-state index contributed by atoms with van der Waals surface area (Å²) in [5.74, 6) is -12.8. The van der Waals surface area contributed by atoms with E-state index in [0.717, 1.165) is 6.92 Å². The van der Waals surface area contributed by atoms with E-state index in [-0.39, 0.29) is 25.8 Å². The Bertz CT molecular complexity index is 2040. The first-order chi connectivity index (χ1) is 31.2. The normalized spacial score (nSPS) is 15.5. The van der Waals surface area contributed by atoms with Gasteiger partial charge in [0, 0.05) is 32.2 Å². The summed E-state index contributed by atoms with van der Waals surface area (Å²) >= 11 is 0. The molecule has 2 aromatic carbocycles. The number of Topliss-reactive ketones (excluding diaryl/α,β-unsaturated/α-hetero) is 1. The van der Waals surface area contributed by atoms with E-state index in [0.29, 0.717) is 24.0 Å². The first-order valence-electron chi connectivity index (χ1n) is 21.6. The van der Waals surface area contributed by atoms with Crippen LogP contribution >= 0.6 is 0 Å². The summed E-state index contributed by atoms with van der Waals surface area (Å²) in [5, 5.41) is 42.5. The Labute approximate surface area is 381 Å². The maximum absolute atomic E-state index is 14.9. The summed E-state index contributed by atoms with van der Waals surface area (Å²) in [6.45, 7) is 5.36. The fraction of sp³-hybridized carbons (Fsp3) is 0.489. The predicted octanol–water partition coefficient (Wildman–Crippen LogP) is 0.209. The summed E-state index contributed by atoms with van der Waals surface area (Å²) in [5.41, 5.74) is 1.07. The number of amides is 7. The van der Waals surface area contributed by atoms with Crippen LogP contribution in [0.1, 0.15) is 96.1 Å². The smallest absolute Gasteiger partial charge is 0.322 e. The standard InChI is InChI=1S/C45H59N7O14/c1-5-13-29(39(60)44(65)46-24-35(58)59)48-42(63)32-18-12-23-52(32)45(66)37(25(2)3)50-43(64)38(36(27-14-8-6-9-15-27)28-16-10-7-11-17-28)51-41(62)31(20-22-34(56)57)49-40(61)30(47-26(4)53)19-21-33(54)55/h6-11,14-17,25,29-32,36-38H,5,12-13,18-24H2,1-4H3,(H,46,65)(H,47,53)(H,48,63)(H,49,61)(H,50,64)(H,51,62)(H,54,55)(H,56,57)(H,58,59)/t29-,30-,31-,32-,37-,38-/m0/s1. The van der Waals surface area contributed by atoms with E-state index in [4.69, 9.17) is 5.11 Å². The highest BCUT2D eigenvalue weighted by Crippen LogP contribution is 2.29. The second-order valence-electron chi connectivity index (χ2n) is 16.2. The van der Waals surface area contributed by atoms with Crippen molar-refractivity contribution in [2.75, 3.05) is 13.1 Å². The average molecular weight is 922 g/mol. The van der Waals surface area contributed by atoms with Crippen LogP contribution in [0.25, 0.3) is 0 Å². The summed E-state index contributed by atoms with van der Waals surface area (Å²) in [6, 6.07) is 8.74. The van der Waals surface area contributed by atoms with Crippen LogP contribution in [0.2, 0.25) is 0 Å². The number of carbonyl (C=O) groups excluding carboxylic acids is 8. The minimum atomic E-state index is -1.63. The van der Waals surface area contributed by atoms with Crippen LogP contribution in [0.5, 0.6) is 0 Å². The number of carboxylic acid groups (broad SMARTS) is 3. The summed E-state index contributed by atoms with van der Waals surface area (Å²) in [6.07, 6.45) is -1.09. The van der Waals surface area contributed by atoms with Crippen LogP contribution in [0, 0.1) is 5.92 Å². The second-order valence-corrected chi connectivity index (χ2v) is 16.2. The van der Waals surface area contributed by atoms with Gasteiger partial charge in [-0.2, -0.15) is 0 Å². The summed E-state index contributed by atoms with van der Waals surface area (Å²) < 4.78 is 0. The number of aliphatic carboxylic acids is 3. The van der Waals surface area contributed by atoms with Crippen molar-refractivity contribution in [3.63, 3.8) is 0 Å². The molecule has 6 atom stereocenters. The van der Waals surface area contributed by atoms with Crippen molar-refractivity contribution in [3.05, 3.63) is 71.8 Å². The number of nitrogens with zero attached hydrogens (tertiary/aromatic N) is 1. The monoisotopic (exact) mass is 921 g/mol. The van der Waals surface area contributed by atoms with E-state index in [1.54, 1.807) is 81.4 Å². The van der Waals surface area contributed by atoms with Crippen molar-refractivity contribution in [1.82, 2.24) is 36.8 Å². The molecule has 1 aliphatic heterocycles. The molecule has 0 bridgehead atoms. The molecule has 1 heterocycles. The van der Waals surface area contributed by atoms with Crippen LogP contribution in [0.3, 0.4) is 0 Å². The van der Waals surface area contributed by atoms with Gasteiger partial charge in [-0.1, -0.05) is 87.9 Å². The topological polar surface area (TPSA) is 324 Å². The Morgan fingerprint density at radius 1 is 0.636 bits per heavy atom. The SMILES string of the molecule is CCC[C@H](NC(=O)[C@@H]1CCCN1C(=O)[C@@H](NC(=O)[C@@H](NC(=O)[C@H](CCC(=O)O)NC(=O)[C@H](CCC(=O)O)NC(C)=O)C(c1ccccc1)c1ccccc1)C(C)C)C(=O)C(=O)NCC(=O)O. The highest BCUT2D eigenvalue weighted by atomic mass is 16.4. The summed E-state index contributed by atoms with van der Waals surface area (Å²) in [4.78, 5) is 144. The second kappa shape index (κ2) is 25.9. The molecule has 0 unspecified atom stereocenters. The van der Waals surface area contributed by atoms with Crippen molar-refractivity contribution >= 4 is 65.0 Å². The van der Waals surface area contributed by atoms with E-state index in [1.165, 1.54) is 4.90 Å². The third-order valence-electron chi connectivity index (χ3n) is 10.8. The quantitative estimate of drug-likeness (QED) is 0.0570. The zero-order valence-corrected chi connectivity index (χ0v) is 37.2. The van der Waals surface area contributed by atoms with Gasteiger partial charge in [-0.05, 0) is 49.1 Å². The Balaban J connectivity index is 2.03. The van der Waals surface area contributed by atoms with Crippen LogP contribution in [-0.2, 0) is 52.7 Å². The number of hydrogen-bond donors (Lipinski definition) is 9. The lowest BCUT2D eigenvalue weighted by Gasteiger charge is -2.34. The molecule has 1 saturated heterocycles. The maximum atomic E-state index is 14.9. The van der Waals surface area contributed by atoms with Gasteiger partial charge < -0.3 is 52.1 Å². The number of carbonyl (C=O) groups is 11. The fourth-order valence-corrected chi connectivity index (χ4v) is 7.51. The molecular weight excluding hydrogens is 863 g/mol. The molecule has 3 rings (SSSR count). The Kier molecular flexibility index (Phi) is 20.9. The zero-order chi connectivity index (χ0) is 49.1.